The van der Waals surface area contributed by atoms with E-state index in [9.17, 15) is 18.0 Å². The van der Waals surface area contributed by atoms with E-state index in [1.807, 2.05) is 87.5 Å². The quantitative estimate of drug-likeness (QED) is 0.162. The first-order valence-corrected chi connectivity index (χ1v) is 18.8. The van der Waals surface area contributed by atoms with Crippen LogP contribution in [-0.4, -0.2) is 43.8 Å². The molecule has 0 saturated heterocycles. The Kier molecular flexibility index (Phi) is 11.8. The molecule has 0 bridgehead atoms. The molecule has 0 aliphatic heterocycles. The number of amides is 2. The molecule has 9 heteroatoms. The van der Waals surface area contributed by atoms with Crippen molar-refractivity contribution in [3.63, 3.8) is 0 Å². The van der Waals surface area contributed by atoms with Crippen molar-refractivity contribution in [2.75, 3.05) is 10.8 Å². The van der Waals surface area contributed by atoms with E-state index >= 15 is 0 Å². The van der Waals surface area contributed by atoms with Gasteiger partial charge in [-0.05, 0) is 86.2 Å². The fourth-order valence-corrected chi connectivity index (χ4v) is 7.96. The van der Waals surface area contributed by atoms with Crippen molar-refractivity contribution in [2.24, 2.45) is 0 Å². The Morgan fingerprint density at radius 2 is 1.46 bits per heavy atom. The van der Waals surface area contributed by atoms with Crippen molar-refractivity contribution in [2.45, 2.75) is 82.8 Å². The molecule has 2 amide bonds. The van der Waals surface area contributed by atoms with Crippen molar-refractivity contribution in [1.29, 1.82) is 0 Å². The lowest BCUT2D eigenvalue weighted by atomic mass is 9.94. The number of nitrogens with zero attached hydrogens (tertiary/aromatic N) is 2. The summed E-state index contributed by atoms with van der Waals surface area (Å²) in [5.41, 5.74) is 4.69. The summed E-state index contributed by atoms with van der Waals surface area (Å²) < 4.78 is 30.9. The molecule has 252 valence electrons. The molecule has 7 nitrogen and oxygen atoms in total. The van der Waals surface area contributed by atoms with Gasteiger partial charge >= 0.3 is 0 Å². The summed E-state index contributed by atoms with van der Waals surface area (Å²) >= 11 is 3.49. The highest BCUT2D eigenvalue weighted by atomic mass is 79.9. The van der Waals surface area contributed by atoms with E-state index in [-0.39, 0.29) is 29.8 Å². The highest BCUT2D eigenvalue weighted by Gasteiger charge is 2.36. The molecule has 0 heterocycles. The van der Waals surface area contributed by atoms with E-state index in [2.05, 4.69) is 21.2 Å². The number of benzene rings is 4. The van der Waals surface area contributed by atoms with Crippen molar-refractivity contribution in [3.05, 3.63) is 129 Å². The van der Waals surface area contributed by atoms with Gasteiger partial charge in [0.05, 0.1) is 10.6 Å². The number of hydrogen-bond donors (Lipinski definition) is 1. The highest BCUT2D eigenvalue weighted by molar-refractivity contribution is 9.10. The zero-order valence-corrected chi connectivity index (χ0v) is 30.3. The first kappa shape index (κ1) is 35.4. The lowest BCUT2D eigenvalue weighted by Gasteiger charge is -2.35. The SMILES string of the molecule is Cc1ccc(S(=O)(=O)N(CC(=O)N(Cc2ccc(Br)cc2)C(Cc2ccccc2)C(=O)NC2CCCCC2)c2cc(C)ccc2C)cc1. The normalized spacial score (nSPS) is 14.2. The topological polar surface area (TPSA) is 86.8 Å². The maximum atomic E-state index is 14.8. The summed E-state index contributed by atoms with van der Waals surface area (Å²) in [4.78, 5) is 30.7. The Morgan fingerprint density at radius 3 is 2.12 bits per heavy atom. The second-order valence-electron chi connectivity index (χ2n) is 12.8. The molecule has 0 aromatic heterocycles. The number of carbonyl (C=O) groups excluding carboxylic acids is 2. The van der Waals surface area contributed by atoms with Crippen LogP contribution in [0.25, 0.3) is 0 Å². The van der Waals surface area contributed by atoms with Crippen LogP contribution in [0.3, 0.4) is 0 Å². The molecule has 4 aromatic rings. The van der Waals surface area contributed by atoms with E-state index in [1.165, 1.54) is 4.31 Å². The van der Waals surface area contributed by atoms with E-state index in [0.717, 1.165) is 64.4 Å². The third-order valence-electron chi connectivity index (χ3n) is 9.01. The average molecular weight is 731 g/mol. The van der Waals surface area contributed by atoms with Gasteiger partial charge in [0.1, 0.15) is 12.6 Å². The molecule has 1 N–H and O–H groups in total. The Morgan fingerprint density at radius 1 is 0.812 bits per heavy atom. The second-order valence-corrected chi connectivity index (χ2v) is 15.6. The molecule has 1 aliphatic carbocycles. The minimum absolute atomic E-state index is 0.0440. The average Bonchev–Trinajstić information content (AvgIpc) is 3.08. The molecule has 48 heavy (non-hydrogen) atoms. The third-order valence-corrected chi connectivity index (χ3v) is 11.3. The van der Waals surface area contributed by atoms with E-state index in [1.54, 1.807) is 35.2 Å². The van der Waals surface area contributed by atoms with Gasteiger partial charge in [-0.2, -0.15) is 0 Å². The molecule has 1 saturated carbocycles. The maximum Gasteiger partial charge on any atom is 0.264 e. The van der Waals surface area contributed by atoms with Crippen molar-refractivity contribution >= 4 is 43.5 Å². The van der Waals surface area contributed by atoms with Crippen LogP contribution in [0.2, 0.25) is 0 Å². The molecular weight excluding hydrogens is 686 g/mol. The number of carbonyl (C=O) groups is 2. The number of sulfonamides is 1. The van der Waals surface area contributed by atoms with Gasteiger partial charge in [0.15, 0.2) is 0 Å². The van der Waals surface area contributed by atoms with Crippen LogP contribution >= 0.6 is 15.9 Å². The fraction of sp³-hybridized carbons (Fsp3) is 0.333. The second kappa shape index (κ2) is 16.0. The summed E-state index contributed by atoms with van der Waals surface area (Å²) in [7, 11) is -4.17. The summed E-state index contributed by atoms with van der Waals surface area (Å²) in [5, 5.41) is 3.26. The molecule has 4 aromatic carbocycles. The Balaban J connectivity index is 1.58. The molecule has 0 radical (unpaired) electrons. The van der Waals surface area contributed by atoms with Crippen LogP contribution in [0, 0.1) is 20.8 Å². The minimum atomic E-state index is -4.17. The van der Waals surface area contributed by atoms with Crippen molar-refractivity contribution in [3.8, 4) is 0 Å². The maximum absolute atomic E-state index is 14.8. The molecular formula is C39H44BrN3O4S. The van der Waals surface area contributed by atoms with Crippen LogP contribution in [0.1, 0.15) is 59.9 Å². The summed E-state index contributed by atoms with van der Waals surface area (Å²) in [5.74, 6) is -0.690. The number of halogens is 1. The first-order chi connectivity index (χ1) is 23.0. The van der Waals surface area contributed by atoms with Gasteiger partial charge in [0, 0.05) is 23.5 Å². The Hall–Kier alpha value is -3.95. The third kappa shape index (κ3) is 8.94. The molecule has 5 rings (SSSR count). The molecule has 1 unspecified atom stereocenters. The standard InChI is InChI=1S/C39H44BrN3O4S/c1-28-15-22-35(23-16-28)48(46,47)43(36-24-29(2)14-17-30(36)3)27-38(44)42(26-32-18-20-33(40)21-19-32)37(25-31-10-6-4-7-11-31)39(45)41-34-12-8-5-9-13-34/h4,6-7,10-11,14-24,34,37H,5,8-9,12-13,25-27H2,1-3H3,(H,41,45). The zero-order valence-electron chi connectivity index (χ0n) is 27.9. The number of rotatable bonds is 12. The Labute approximate surface area is 293 Å². The smallest absolute Gasteiger partial charge is 0.264 e. The lowest BCUT2D eigenvalue weighted by molar-refractivity contribution is -0.140. The first-order valence-electron chi connectivity index (χ1n) is 16.6. The van der Waals surface area contributed by atoms with Gasteiger partial charge in [-0.3, -0.25) is 13.9 Å². The van der Waals surface area contributed by atoms with E-state index < -0.39 is 28.5 Å². The Bertz CT molecular complexity index is 1810. The van der Waals surface area contributed by atoms with Gasteiger partial charge in [0.25, 0.3) is 10.0 Å². The van der Waals surface area contributed by atoms with Crippen molar-refractivity contribution in [1.82, 2.24) is 10.2 Å². The fourth-order valence-electron chi connectivity index (χ4n) is 6.22. The largest absolute Gasteiger partial charge is 0.352 e. The van der Waals surface area contributed by atoms with E-state index in [0.29, 0.717) is 5.69 Å². The van der Waals surface area contributed by atoms with Crippen LogP contribution in [0.15, 0.2) is 106 Å². The summed E-state index contributed by atoms with van der Waals surface area (Å²) in [6.07, 6.45) is 5.35. The highest BCUT2D eigenvalue weighted by Crippen LogP contribution is 2.29. The van der Waals surface area contributed by atoms with Crippen molar-refractivity contribution < 1.29 is 18.0 Å². The molecule has 1 atom stereocenters. The zero-order chi connectivity index (χ0) is 34.3. The number of hydrogen-bond acceptors (Lipinski definition) is 4. The van der Waals surface area contributed by atoms with Gasteiger partial charge in [-0.1, -0.05) is 107 Å². The summed E-state index contributed by atoms with van der Waals surface area (Å²) in [6.45, 7) is 5.29. The number of aryl methyl sites for hydroxylation is 3. The van der Waals surface area contributed by atoms with Gasteiger partial charge < -0.3 is 10.2 Å². The predicted molar refractivity (Wildman–Crippen MR) is 195 cm³/mol. The monoisotopic (exact) mass is 729 g/mol. The van der Waals surface area contributed by atoms with Gasteiger partial charge in [0.2, 0.25) is 11.8 Å². The number of anilines is 1. The molecule has 1 aliphatic rings. The molecule has 1 fully saturated rings. The van der Waals surface area contributed by atoms with Crippen LogP contribution in [0.4, 0.5) is 5.69 Å². The van der Waals surface area contributed by atoms with Crippen LogP contribution < -0.4 is 9.62 Å². The van der Waals surface area contributed by atoms with Crippen LogP contribution in [0.5, 0.6) is 0 Å². The predicted octanol–water partition coefficient (Wildman–Crippen LogP) is 7.66. The lowest BCUT2D eigenvalue weighted by Crippen LogP contribution is -2.55. The van der Waals surface area contributed by atoms with Gasteiger partial charge in [-0.25, -0.2) is 8.42 Å². The summed E-state index contributed by atoms with van der Waals surface area (Å²) in [6, 6.07) is 28.7. The molecule has 0 spiro atoms. The van der Waals surface area contributed by atoms with E-state index in [4.69, 9.17) is 0 Å². The van der Waals surface area contributed by atoms with Crippen LogP contribution in [-0.2, 0) is 32.6 Å². The van der Waals surface area contributed by atoms with Gasteiger partial charge in [-0.15, -0.1) is 0 Å². The number of nitrogens with one attached hydrogen (secondary N) is 1. The minimum Gasteiger partial charge on any atom is -0.352 e.